The van der Waals surface area contributed by atoms with Crippen LogP contribution in [-0.4, -0.2) is 24.4 Å². The second-order valence-corrected chi connectivity index (χ2v) is 8.87. The van der Waals surface area contributed by atoms with Crippen LogP contribution < -0.4 is 5.32 Å². The fourth-order valence-electron chi connectivity index (χ4n) is 3.02. The molecule has 0 aliphatic carbocycles. The largest absolute Gasteiger partial charge is 0.353 e. The van der Waals surface area contributed by atoms with Crippen molar-refractivity contribution < 1.29 is 4.39 Å². The van der Waals surface area contributed by atoms with Crippen molar-refractivity contribution in [1.29, 1.82) is 0 Å². The highest BCUT2D eigenvalue weighted by Gasteiger charge is 2.20. The molecule has 0 spiro atoms. The van der Waals surface area contributed by atoms with Crippen LogP contribution in [0.3, 0.4) is 0 Å². The summed E-state index contributed by atoms with van der Waals surface area (Å²) in [4.78, 5) is 5.40. The normalized spacial score (nSPS) is 13.2. The van der Waals surface area contributed by atoms with Crippen LogP contribution in [0.2, 0.25) is 0 Å². The molecule has 0 bridgehead atoms. The molecule has 0 saturated heterocycles. The highest BCUT2D eigenvalue weighted by atomic mass is 32.1. The number of halogens is 1. The molecule has 0 fully saturated rings. The molecular weight excluding hydrogens is 375 g/mol. The number of aryl methyl sites for hydroxylation is 1. The van der Waals surface area contributed by atoms with Crippen molar-refractivity contribution in [2.24, 2.45) is 0 Å². The monoisotopic (exact) mass is 398 g/mol. The van der Waals surface area contributed by atoms with Crippen LogP contribution >= 0.6 is 11.3 Å². The van der Waals surface area contributed by atoms with Crippen molar-refractivity contribution in [3.05, 3.63) is 53.7 Å². The molecule has 0 amide bonds. The highest BCUT2D eigenvalue weighted by Crippen LogP contribution is 2.28. The van der Waals surface area contributed by atoms with Gasteiger partial charge < -0.3 is 5.32 Å². The Morgan fingerprint density at radius 3 is 2.43 bits per heavy atom. The summed E-state index contributed by atoms with van der Waals surface area (Å²) in [5, 5.41) is 13.5. The van der Waals surface area contributed by atoms with Gasteiger partial charge in [0.25, 0.3) is 0 Å². The Kier molecular flexibility index (Phi) is 4.45. The summed E-state index contributed by atoms with van der Waals surface area (Å²) >= 11 is 1.49. The summed E-state index contributed by atoms with van der Waals surface area (Å²) in [6, 6.07) is 6.39. The molecule has 4 aromatic rings. The maximum Gasteiger partial charge on any atom is 0.214 e. The van der Waals surface area contributed by atoms with Crippen LogP contribution in [0.4, 0.5) is 9.52 Å². The van der Waals surface area contributed by atoms with Crippen molar-refractivity contribution in [2.75, 3.05) is 5.32 Å². The van der Waals surface area contributed by atoms with E-state index < -0.39 is 0 Å². The Hall–Kier alpha value is -2.74. The summed E-state index contributed by atoms with van der Waals surface area (Å²) in [5.41, 5.74) is 3.75. The Labute approximate surface area is 167 Å². The lowest BCUT2D eigenvalue weighted by atomic mass is 10.1. The molecule has 8 heteroatoms. The van der Waals surface area contributed by atoms with Gasteiger partial charge in [-0.1, -0.05) is 11.3 Å². The number of benzene rings is 1. The van der Waals surface area contributed by atoms with Crippen LogP contribution in [0.1, 0.15) is 45.0 Å². The molecule has 146 valence electrons. The second kappa shape index (κ2) is 6.70. The van der Waals surface area contributed by atoms with Crippen molar-refractivity contribution >= 4 is 21.4 Å². The number of nitrogens with zero attached hydrogens (tertiary/aromatic N) is 5. The molecule has 0 radical (unpaired) electrons. The molecule has 1 aromatic carbocycles. The Morgan fingerprint density at radius 2 is 1.82 bits per heavy atom. The molecule has 0 saturated carbocycles. The van der Waals surface area contributed by atoms with E-state index in [0.29, 0.717) is 0 Å². The maximum atomic E-state index is 13.1. The lowest BCUT2D eigenvalue weighted by Gasteiger charge is -2.19. The van der Waals surface area contributed by atoms with E-state index in [1.807, 2.05) is 17.8 Å². The van der Waals surface area contributed by atoms with Gasteiger partial charge in [-0.3, -0.25) is 4.68 Å². The van der Waals surface area contributed by atoms with Crippen molar-refractivity contribution in [1.82, 2.24) is 24.4 Å². The average Bonchev–Trinajstić information content (AvgIpc) is 3.27. The van der Waals surface area contributed by atoms with Gasteiger partial charge >= 0.3 is 0 Å². The lowest BCUT2D eigenvalue weighted by Crippen LogP contribution is -2.22. The molecule has 1 unspecified atom stereocenters. The van der Waals surface area contributed by atoms with Gasteiger partial charge in [0.2, 0.25) is 10.1 Å². The van der Waals surface area contributed by atoms with Gasteiger partial charge in [-0.2, -0.15) is 5.10 Å². The molecule has 3 aromatic heterocycles. The SMILES string of the molecule is Cc1nn(C(C)(C)C)cc1C(C)Nc1nn2cc(-c3ccc(F)cc3)nc2s1. The molecule has 4 rings (SSSR count). The summed E-state index contributed by atoms with van der Waals surface area (Å²) in [6.07, 6.45) is 3.95. The number of fused-ring (bicyclic) bond motifs is 1. The highest BCUT2D eigenvalue weighted by molar-refractivity contribution is 7.20. The van der Waals surface area contributed by atoms with Gasteiger partial charge in [-0.05, 0) is 58.9 Å². The van der Waals surface area contributed by atoms with E-state index in [9.17, 15) is 4.39 Å². The Balaban J connectivity index is 1.54. The first-order valence-corrected chi connectivity index (χ1v) is 9.98. The summed E-state index contributed by atoms with van der Waals surface area (Å²) in [7, 11) is 0. The third-order valence-electron chi connectivity index (χ3n) is 4.61. The number of aromatic nitrogens is 5. The third kappa shape index (κ3) is 3.52. The molecule has 28 heavy (non-hydrogen) atoms. The standard InChI is InChI=1S/C20H23FN6S/c1-12(16-10-27(20(3,4)5)24-13(16)2)22-18-25-26-11-17(23-19(26)28-18)14-6-8-15(21)9-7-14/h6-12H,1-5H3,(H,22,25). The molecule has 1 atom stereocenters. The molecule has 6 nitrogen and oxygen atoms in total. The minimum atomic E-state index is -0.256. The maximum absolute atomic E-state index is 13.1. The average molecular weight is 399 g/mol. The summed E-state index contributed by atoms with van der Waals surface area (Å²) in [5.74, 6) is -0.256. The predicted octanol–water partition coefficient (Wildman–Crippen LogP) is 5.03. The number of imidazole rings is 1. The number of rotatable bonds is 4. The zero-order chi connectivity index (χ0) is 20.1. The third-order valence-corrected chi connectivity index (χ3v) is 5.47. The van der Waals surface area contributed by atoms with Gasteiger partial charge in [-0.25, -0.2) is 13.9 Å². The molecule has 1 N–H and O–H groups in total. The minimum absolute atomic E-state index is 0.0542. The van der Waals surface area contributed by atoms with E-state index in [-0.39, 0.29) is 17.4 Å². The van der Waals surface area contributed by atoms with E-state index in [1.54, 1.807) is 16.6 Å². The quantitative estimate of drug-likeness (QED) is 0.524. The Morgan fingerprint density at radius 1 is 1.11 bits per heavy atom. The minimum Gasteiger partial charge on any atom is -0.353 e. The molecule has 3 heterocycles. The summed E-state index contributed by atoms with van der Waals surface area (Å²) in [6.45, 7) is 10.5. The number of hydrogen-bond donors (Lipinski definition) is 1. The van der Waals surface area contributed by atoms with E-state index in [0.717, 1.165) is 32.6 Å². The molecular formula is C20H23FN6S. The Bertz CT molecular complexity index is 1080. The van der Waals surface area contributed by atoms with Gasteiger partial charge in [0.1, 0.15) is 5.82 Å². The number of nitrogens with one attached hydrogen (secondary N) is 1. The van der Waals surface area contributed by atoms with E-state index in [1.165, 1.54) is 23.5 Å². The molecule has 0 aliphatic heterocycles. The number of anilines is 1. The first-order chi connectivity index (χ1) is 13.2. The van der Waals surface area contributed by atoms with E-state index in [4.69, 9.17) is 0 Å². The van der Waals surface area contributed by atoms with Crippen LogP contribution in [0.25, 0.3) is 16.2 Å². The smallest absolute Gasteiger partial charge is 0.214 e. The topological polar surface area (TPSA) is 60.0 Å². The summed E-state index contributed by atoms with van der Waals surface area (Å²) < 4.78 is 16.9. The van der Waals surface area contributed by atoms with Crippen molar-refractivity contribution in [2.45, 2.75) is 46.2 Å². The second-order valence-electron chi connectivity index (χ2n) is 7.92. The van der Waals surface area contributed by atoms with Gasteiger partial charge in [0.05, 0.1) is 29.2 Å². The van der Waals surface area contributed by atoms with Gasteiger partial charge in [0, 0.05) is 17.3 Å². The van der Waals surface area contributed by atoms with Crippen molar-refractivity contribution in [3.8, 4) is 11.3 Å². The molecule has 0 aliphatic rings. The van der Waals surface area contributed by atoms with Crippen LogP contribution in [0.5, 0.6) is 0 Å². The van der Waals surface area contributed by atoms with Crippen LogP contribution in [0, 0.1) is 12.7 Å². The van der Waals surface area contributed by atoms with Gasteiger partial charge in [0.15, 0.2) is 0 Å². The number of hydrogen-bond acceptors (Lipinski definition) is 5. The van der Waals surface area contributed by atoms with Gasteiger partial charge in [-0.15, -0.1) is 5.10 Å². The van der Waals surface area contributed by atoms with Crippen molar-refractivity contribution in [3.63, 3.8) is 0 Å². The fourth-order valence-corrected chi connectivity index (χ4v) is 3.89. The zero-order valence-corrected chi connectivity index (χ0v) is 17.4. The lowest BCUT2D eigenvalue weighted by molar-refractivity contribution is 0.354. The van der Waals surface area contributed by atoms with Crippen LogP contribution in [-0.2, 0) is 5.54 Å². The zero-order valence-electron chi connectivity index (χ0n) is 16.6. The van der Waals surface area contributed by atoms with E-state index in [2.05, 4.69) is 54.4 Å². The van der Waals surface area contributed by atoms with E-state index >= 15 is 0 Å². The fraction of sp³-hybridized carbons (Fsp3) is 0.350. The van der Waals surface area contributed by atoms with Crippen LogP contribution in [0.15, 0.2) is 36.7 Å². The predicted molar refractivity (Wildman–Crippen MR) is 110 cm³/mol. The first kappa shape index (κ1) is 18.6. The first-order valence-electron chi connectivity index (χ1n) is 9.16.